The summed E-state index contributed by atoms with van der Waals surface area (Å²) >= 11 is 0. The van der Waals surface area contributed by atoms with Gasteiger partial charge in [0.25, 0.3) is 5.91 Å². The lowest BCUT2D eigenvalue weighted by Gasteiger charge is -2.33. The second-order valence-corrected chi connectivity index (χ2v) is 12.2. The number of amides is 1. The first kappa shape index (κ1) is 31.5. The molecule has 1 amide bonds. The molecule has 1 saturated carbocycles. The quantitative estimate of drug-likeness (QED) is 0.240. The van der Waals surface area contributed by atoms with E-state index in [2.05, 4.69) is 34.2 Å². The molecule has 3 aromatic rings. The van der Waals surface area contributed by atoms with Crippen molar-refractivity contribution in [1.29, 1.82) is 0 Å². The maximum atomic E-state index is 15.5. The van der Waals surface area contributed by atoms with Crippen LogP contribution in [-0.4, -0.2) is 80.1 Å². The van der Waals surface area contributed by atoms with E-state index in [1.54, 1.807) is 24.1 Å². The van der Waals surface area contributed by atoms with E-state index in [0.29, 0.717) is 54.7 Å². The van der Waals surface area contributed by atoms with Gasteiger partial charge in [-0.25, -0.2) is 4.39 Å². The Morgan fingerprint density at radius 2 is 1.66 bits per heavy atom. The van der Waals surface area contributed by atoms with Crippen molar-refractivity contribution in [1.82, 2.24) is 9.80 Å². The summed E-state index contributed by atoms with van der Waals surface area (Å²) in [4.78, 5) is 23.8. The molecule has 2 fully saturated rings. The lowest BCUT2D eigenvalue weighted by molar-refractivity contribution is 0.0546. The summed E-state index contributed by atoms with van der Waals surface area (Å²) in [5, 5.41) is 9.89. The van der Waals surface area contributed by atoms with Gasteiger partial charge in [0.05, 0.1) is 11.7 Å². The van der Waals surface area contributed by atoms with Crippen LogP contribution in [0.15, 0.2) is 65.7 Å². The molecular weight excluding hydrogens is 555 g/mol. The molecule has 0 radical (unpaired) electrons. The zero-order valence-corrected chi connectivity index (χ0v) is 26.4. The highest BCUT2D eigenvalue weighted by molar-refractivity contribution is 5.99. The molecule has 1 heterocycles. The number of hydrogen-bond donors (Lipinski definition) is 1. The van der Waals surface area contributed by atoms with Gasteiger partial charge in [-0.3, -0.25) is 9.79 Å². The number of aliphatic imine (C=N–C) groups is 1. The van der Waals surface area contributed by atoms with Crippen molar-refractivity contribution in [2.45, 2.75) is 63.7 Å². The van der Waals surface area contributed by atoms with E-state index in [9.17, 15) is 9.90 Å². The molecule has 44 heavy (non-hydrogen) atoms. The average Bonchev–Trinajstić information content (AvgIpc) is 3.05. The Morgan fingerprint density at radius 3 is 2.30 bits per heavy atom. The van der Waals surface area contributed by atoms with Gasteiger partial charge in [0.1, 0.15) is 24.0 Å². The molecule has 1 saturated heterocycles. The molecule has 0 unspecified atom stereocenters. The molecule has 1 aliphatic heterocycles. The minimum Gasteiger partial charge on any atom is -0.489 e. The van der Waals surface area contributed by atoms with Crippen molar-refractivity contribution in [3.63, 3.8) is 0 Å². The Labute approximate surface area is 261 Å². The topological polar surface area (TPSA) is 68.6 Å². The van der Waals surface area contributed by atoms with Gasteiger partial charge in [0, 0.05) is 64.6 Å². The number of benzene rings is 3. The van der Waals surface area contributed by atoms with Crippen LogP contribution in [0, 0.1) is 5.82 Å². The number of likely N-dealkylation sites (tertiary alicyclic amines) is 1. The highest BCUT2D eigenvalue weighted by atomic mass is 19.1. The number of ether oxygens (including phenoxy) is 1. The second kappa shape index (κ2) is 14.2. The smallest absolute Gasteiger partial charge is 0.253 e. The summed E-state index contributed by atoms with van der Waals surface area (Å²) in [5.41, 5.74) is 4.92. The van der Waals surface area contributed by atoms with Crippen molar-refractivity contribution in [3.05, 3.63) is 83.2 Å². The molecule has 0 bridgehead atoms. The van der Waals surface area contributed by atoms with Crippen LogP contribution in [0.3, 0.4) is 0 Å². The zero-order valence-electron chi connectivity index (χ0n) is 26.4. The van der Waals surface area contributed by atoms with Crippen LogP contribution < -0.4 is 9.64 Å². The second-order valence-electron chi connectivity index (χ2n) is 12.2. The molecule has 234 valence electrons. The average molecular weight is 601 g/mol. The molecule has 3 aromatic carbocycles. The number of anilines is 1. The van der Waals surface area contributed by atoms with Gasteiger partial charge >= 0.3 is 0 Å². The van der Waals surface area contributed by atoms with Gasteiger partial charge in [-0.15, -0.1) is 0 Å². The standard InChI is InChI=1S/C36H45FN4O3/c1-38-35(40(4)29-8-6-5-7-9-29)33-17-15-31(23-34(33)37)44-24-27-22-26(36(43)41-20-18-30(42)19-21-41)12-16-32(27)25-10-13-28(14-11-25)39(2)3/h10-17,22-23,29-30,42H,5-9,18-21,24H2,1-4H3. The molecule has 7 nitrogen and oxygen atoms in total. The van der Waals surface area contributed by atoms with Gasteiger partial charge in [-0.05, 0) is 78.8 Å². The summed E-state index contributed by atoms with van der Waals surface area (Å²) in [6.45, 7) is 1.23. The van der Waals surface area contributed by atoms with Crippen molar-refractivity contribution in [3.8, 4) is 16.9 Å². The minimum atomic E-state index is -0.374. The third-order valence-electron chi connectivity index (χ3n) is 9.04. The molecule has 5 rings (SSSR count). The van der Waals surface area contributed by atoms with E-state index in [-0.39, 0.29) is 24.4 Å². The third-order valence-corrected chi connectivity index (χ3v) is 9.04. The highest BCUT2D eigenvalue weighted by Crippen LogP contribution is 2.30. The van der Waals surface area contributed by atoms with Gasteiger partial charge in [0.2, 0.25) is 0 Å². The monoisotopic (exact) mass is 600 g/mol. The first-order valence-electron chi connectivity index (χ1n) is 15.8. The van der Waals surface area contributed by atoms with Crippen LogP contribution in [0.5, 0.6) is 5.75 Å². The predicted molar refractivity (Wildman–Crippen MR) is 175 cm³/mol. The summed E-state index contributed by atoms with van der Waals surface area (Å²) in [6.07, 6.45) is 6.65. The normalized spacial score (nSPS) is 16.6. The lowest BCUT2D eigenvalue weighted by atomic mass is 9.94. The first-order chi connectivity index (χ1) is 21.2. The third kappa shape index (κ3) is 7.24. The van der Waals surface area contributed by atoms with Crippen molar-refractivity contribution in [2.75, 3.05) is 46.2 Å². The van der Waals surface area contributed by atoms with E-state index in [1.165, 1.54) is 25.3 Å². The van der Waals surface area contributed by atoms with Crippen LogP contribution in [-0.2, 0) is 6.61 Å². The Kier molecular flexibility index (Phi) is 10.2. The van der Waals surface area contributed by atoms with E-state index in [0.717, 1.165) is 35.2 Å². The highest BCUT2D eigenvalue weighted by Gasteiger charge is 2.25. The SMILES string of the molecule is CN=C(c1ccc(OCc2cc(C(=O)N3CCC(O)CC3)ccc2-c2ccc(N(C)C)cc2)cc1F)N(C)C1CCCCC1. The fourth-order valence-corrected chi connectivity index (χ4v) is 6.36. The molecule has 0 aromatic heterocycles. The summed E-state index contributed by atoms with van der Waals surface area (Å²) in [7, 11) is 7.73. The summed E-state index contributed by atoms with van der Waals surface area (Å²) in [5.74, 6) is 0.636. The number of piperidine rings is 1. The van der Waals surface area contributed by atoms with E-state index < -0.39 is 0 Å². The number of carbonyl (C=O) groups is 1. The van der Waals surface area contributed by atoms with Gasteiger partial charge < -0.3 is 24.5 Å². The Balaban J connectivity index is 1.38. The minimum absolute atomic E-state index is 0.0588. The van der Waals surface area contributed by atoms with Gasteiger partial charge in [-0.1, -0.05) is 37.5 Å². The molecule has 1 N–H and O–H groups in total. The van der Waals surface area contributed by atoms with E-state index >= 15 is 4.39 Å². The number of nitrogens with zero attached hydrogens (tertiary/aromatic N) is 4. The fourth-order valence-electron chi connectivity index (χ4n) is 6.36. The summed E-state index contributed by atoms with van der Waals surface area (Å²) < 4.78 is 21.7. The van der Waals surface area contributed by atoms with Crippen molar-refractivity contribution < 1.29 is 19.0 Å². The maximum Gasteiger partial charge on any atom is 0.253 e. The molecule has 2 aliphatic rings. The molecular formula is C36H45FN4O3. The van der Waals surface area contributed by atoms with E-state index in [4.69, 9.17) is 4.74 Å². The molecule has 8 heteroatoms. The van der Waals surface area contributed by atoms with Crippen molar-refractivity contribution in [2.24, 2.45) is 4.99 Å². The fraction of sp³-hybridized carbons (Fsp3) is 0.444. The number of rotatable bonds is 8. The largest absolute Gasteiger partial charge is 0.489 e. The number of amidine groups is 1. The number of carbonyl (C=O) groups excluding carboxylic acids is 1. The lowest BCUT2D eigenvalue weighted by Crippen LogP contribution is -2.40. The van der Waals surface area contributed by atoms with Gasteiger partial charge in [0.15, 0.2) is 0 Å². The molecule has 1 aliphatic carbocycles. The number of halogens is 1. The maximum absolute atomic E-state index is 15.5. The van der Waals surface area contributed by atoms with Crippen molar-refractivity contribution >= 4 is 17.4 Å². The van der Waals surface area contributed by atoms with Crippen LogP contribution in [0.2, 0.25) is 0 Å². The van der Waals surface area contributed by atoms with Gasteiger partial charge in [-0.2, -0.15) is 0 Å². The number of hydrogen-bond acceptors (Lipinski definition) is 5. The Bertz CT molecular complexity index is 1460. The zero-order chi connectivity index (χ0) is 31.2. The number of aliphatic hydroxyl groups is 1. The Morgan fingerprint density at radius 1 is 0.955 bits per heavy atom. The first-order valence-corrected chi connectivity index (χ1v) is 15.8. The Hall–Kier alpha value is -3.91. The molecule has 0 atom stereocenters. The van der Waals surface area contributed by atoms with Crippen LogP contribution in [0.25, 0.3) is 11.1 Å². The van der Waals surface area contributed by atoms with Crippen LogP contribution in [0.1, 0.15) is 66.4 Å². The summed E-state index contributed by atoms with van der Waals surface area (Å²) in [6, 6.07) is 19.3. The van der Waals surface area contributed by atoms with Crippen LogP contribution in [0.4, 0.5) is 10.1 Å². The number of aliphatic hydroxyl groups excluding tert-OH is 1. The van der Waals surface area contributed by atoms with Crippen LogP contribution >= 0.6 is 0 Å². The van der Waals surface area contributed by atoms with E-state index in [1.807, 2.05) is 44.2 Å². The predicted octanol–water partition coefficient (Wildman–Crippen LogP) is 6.38. The molecule has 0 spiro atoms.